The van der Waals surface area contributed by atoms with E-state index in [1.54, 1.807) is 64.2 Å². The molecule has 0 aromatic heterocycles. The highest BCUT2D eigenvalue weighted by Gasteiger charge is 2.49. The van der Waals surface area contributed by atoms with Gasteiger partial charge in [0.2, 0.25) is 0 Å². The Bertz CT molecular complexity index is 1450. The van der Waals surface area contributed by atoms with Gasteiger partial charge in [-0.25, -0.2) is 0 Å². The molecule has 10 saturated carbocycles. The van der Waals surface area contributed by atoms with Crippen LogP contribution in [0.5, 0.6) is 0 Å². The number of allylic oxidation sites excluding steroid dienone is 4. The third-order valence-electron chi connectivity index (χ3n) is 22.9. The molecule has 0 radical (unpaired) electrons. The van der Waals surface area contributed by atoms with E-state index < -0.39 is 0 Å². The molecule has 10 rings (SSSR count). The largest absolute Gasteiger partial charge is 0.294 e. The Morgan fingerprint density at radius 2 is 0.667 bits per heavy atom. The molecule has 8 atom stereocenters. The van der Waals surface area contributed by atoms with Crippen LogP contribution in [0.25, 0.3) is 0 Å². The summed E-state index contributed by atoms with van der Waals surface area (Å²) >= 11 is 0. The van der Waals surface area contributed by atoms with Gasteiger partial charge < -0.3 is 0 Å². The SMILES string of the molecule is CC1CCCC(/C=C/C2CCC(N(C3CCCCC3)C3CCC(C4CCC(N(C5CCC(/C=C/C6CCCC(C)C6)CC5)C5CCC(C6CCCCC6)CC5)C5CCCCC45)CC3)CC2)C1. The fourth-order valence-electron chi connectivity index (χ4n) is 19.5. The quantitative estimate of drug-likeness (QED) is 0.180. The summed E-state index contributed by atoms with van der Waals surface area (Å²) < 4.78 is 0. The molecule has 2 nitrogen and oxygen atoms in total. The van der Waals surface area contributed by atoms with Crippen LogP contribution in [0.15, 0.2) is 24.3 Å². The summed E-state index contributed by atoms with van der Waals surface area (Å²) in [5.74, 6) is 11.6. The number of hydrogen-bond donors (Lipinski definition) is 0. The molecule has 0 heterocycles. The van der Waals surface area contributed by atoms with E-state index in [1.807, 2.05) is 0 Å². The van der Waals surface area contributed by atoms with E-state index in [9.17, 15) is 0 Å². The molecule has 8 unspecified atom stereocenters. The maximum Gasteiger partial charge on any atom is 0.0132 e. The van der Waals surface area contributed by atoms with Crippen LogP contribution in [-0.4, -0.2) is 46.1 Å². The molecule has 374 valence electrons. The smallest absolute Gasteiger partial charge is 0.0132 e. The van der Waals surface area contributed by atoms with E-state index in [0.717, 1.165) is 107 Å². The van der Waals surface area contributed by atoms with Crippen molar-refractivity contribution >= 4 is 0 Å². The summed E-state index contributed by atoms with van der Waals surface area (Å²) in [6, 6.07) is 5.33. The monoisotopic (exact) mass is 905 g/mol. The molecule has 0 aliphatic heterocycles. The van der Waals surface area contributed by atoms with Gasteiger partial charge in [0.25, 0.3) is 0 Å². The Balaban J connectivity index is 0.780. The fraction of sp³-hybridized carbons (Fsp3) is 0.938. The van der Waals surface area contributed by atoms with Crippen LogP contribution in [0.2, 0.25) is 0 Å². The minimum absolute atomic E-state index is 0.858. The Morgan fingerprint density at radius 1 is 0.258 bits per heavy atom. The minimum atomic E-state index is 0.858. The van der Waals surface area contributed by atoms with Gasteiger partial charge in [-0.1, -0.05) is 128 Å². The third-order valence-corrected chi connectivity index (χ3v) is 22.9. The van der Waals surface area contributed by atoms with E-state index in [4.69, 9.17) is 0 Å². The number of rotatable bonds is 12. The van der Waals surface area contributed by atoms with Crippen LogP contribution in [-0.2, 0) is 0 Å². The lowest BCUT2D eigenvalue weighted by Gasteiger charge is -2.57. The van der Waals surface area contributed by atoms with Crippen molar-refractivity contribution in [2.75, 3.05) is 0 Å². The second kappa shape index (κ2) is 24.2. The Morgan fingerprint density at radius 3 is 1.20 bits per heavy atom. The zero-order valence-corrected chi connectivity index (χ0v) is 43.9. The van der Waals surface area contributed by atoms with Crippen molar-refractivity contribution in [3.63, 3.8) is 0 Å². The van der Waals surface area contributed by atoms with Gasteiger partial charge in [-0.05, 0) is 238 Å². The zero-order valence-electron chi connectivity index (χ0n) is 43.9. The van der Waals surface area contributed by atoms with Gasteiger partial charge in [-0.2, -0.15) is 0 Å². The fourth-order valence-corrected chi connectivity index (χ4v) is 19.5. The molecule has 0 saturated heterocycles. The van der Waals surface area contributed by atoms with E-state index in [2.05, 4.69) is 48.0 Å². The predicted octanol–water partition coefficient (Wildman–Crippen LogP) is 18.1. The minimum Gasteiger partial charge on any atom is -0.294 e. The van der Waals surface area contributed by atoms with Crippen LogP contribution in [0, 0.1) is 71.0 Å². The average molecular weight is 906 g/mol. The van der Waals surface area contributed by atoms with Crippen LogP contribution >= 0.6 is 0 Å². The molecular weight excluding hydrogens is 797 g/mol. The second-order valence-electron chi connectivity index (χ2n) is 27.1. The summed E-state index contributed by atoms with van der Waals surface area (Å²) in [5, 5.41) is 0. The highest BCUT2D eigenvalue weighted by Crippen LogP contribution is 2.54. The van der Waals surface area contributed by atoms with Crippen molar-refractivity contribution < 1.29 is 0 Å². The molecule has 0 amide bonds. The van der Waals surface area contributed by atoms with Crippen molar-refractivity contribution in [1.29, 1.82) is 0 Å². The van der Waals surface area contributed by atoms with Gasteiger partial charge in [-0.15, -0.1) is 0 Å². The molecule has 10 aliphatic rings. The molecule has 0 aromatic rings. The molecule has 0 spiro atoms. The standard InChI is InChI=1S/C64H108N2/c1-47-13-11-15-51(45-47)25-23-49-27-35-57(36-28-49)65(56-19-7-4-8-20-56)58-41-33-55(34-42-58)61-43-44-64(63-22-10-9-21-62(61)63)66(60-39-31-54(32-40-60)53-17-5-3-6-18-53)59-37-29-50(30-38-59)24-26-52-16-12-14-48(2)46-52/h23-26,47-64H,3-22,27-46H2,1-2H3/b25-23+,26-24+. The van der Waals surface area contributed by atoms with Crippen LogP contribution < -0.4 is 0 Å². The number of nitrogens with zero attached hydrogens (tertiary/aromatic N) is 2. The molecule has 66 heavy (non-hydrogen) atoms. The second-order valence-corrected chi connectivity index (χ2v) is 27.1. The maximum absolute atomic E-state index is 3.43. The third kappa shape index (κ3) is 12.3. The van der Waals surface area contributed by atoms with E-state index in [0.29, 0.717) is 0 Å². The first-order valence-electron chi connectivity index (χ1n) is 31.4. The molecule has 10 fully saturated rings. The van der Waals surface area contributed by atoms with Crippen molar-refractivity contribution in [2.24, 2.45) is 71.0 Å². The number of fused-ring (bicyclic) bond motifs is 1. The van der Waals surface area contributed by atoms with Gasteiger partial charge >= 0.3 is 0 Å². The van der Waals surface area contributed by atoms with E-state index in [1.165, 1.54) is 193 Å². The normalized spacial score (nSPS) is 44.2. The molecular formula is C64H108N2. The number of hydrogen-bond acceptors (Lipinski definition) is 2. The molecule has 0 bridgehead atoms. The lowest BCUT2D eigenvalue weighted by Crippen LogP contribution is -2.58. The summed E-state index contributed by atoms with van der Waals surface area (Å²) in [5.41, 5.74) is 0. The van der Waals surface area contributed by atoms with Gasteiger partial charge in [0, 0.05) is 36.3 Å². The highest BCUT2D eigenvalue weighted by atomic mass is 15.2. The summed E-state index contributed by atoms with van der Waals surface area (Å²) in [7, 11) is 0. The van der Waals surface area contributed by atoms with Crippen molar-refractivity contribution in [3.8, 4) is 0 Å². The lowest BCUT2D eigenvalue weighted by molar-refractivity contribution is -0.0716. The Kier molecular flexibility index (Phi) is 18.0. The van der Waals surface area contributed by atoms with Gasteiger partial charge in [0.05, 0.1) is 0 Å². The summed E-state index contributed by atoms with van der Waals surface area (Å²) in [6.45, 7) is 5.00. The summed E-state index contributed by atoms with van der Waals surface area (Å²) in [4.78, 5) is 6.72. The van der Waals surface area contributed by atoms with Crippen LogP contribution in [0.4, 0.5) is 0 Å². The van der Waals surface area contributed by atoms with Crippen molar-refractivity contribution in [3.05, 3.63) is 24.3 Å². The molecule has 10 aliphatic carbocycles. The van der Waals surface area contributed by atoms with Gasteiger partial charge in [0.1, 0.15) is 0 Å². The van der Waals surface area contributed by atoms with Crippen molar-refractivity contribution in [1.82, 2.24) is 9.80 Å². The highest BCUT2D eigenvalue weighted by molar-refractivity contribution is 5.05. The Labute approximate surface area is 410 Å². The first-order valence-corrected chi connectivity index (χ1v) is 31.4. The van der Waals surface area contributed by atoms with Crippen LogP contribution in [0.3, 0.4) is 0 Å². The summed E-state index contributed by atoms with van der Waals surface area (Å²) in [6.07, 6.45) is 71.4. The average Bonchev–Trinajstić information content (AvgIpc) is 3.37. The lowest BCUT2D eigenvalue weighted by atomic mass is 9.57. The van der Waals surface area contributed by atoms with Crippen LogP contribution in [0.1, 0.15) is 271 Å². The van der Waals surface area contributed by atoms with Gasteiger partial charge in [0.15, 0.2) is 0 Å². The predicted molar refractivity (Wildman–Crippen MR) is 283 cm³/mol. The van der Waals surface area contributed by atoms with E-state index in [-0.39, 0.29) is 0 Å². The maximum atomic E-state index is 3.43. The first-order chi connectivity index (χ1) is 32.5. The van der Waals surface area contributed by atoms with Gasteiger partial charge in [-0.3, -0.25) is 9.80 Å². The van der Waals surface area contributed by atoms with Crippen molar-refractivity contribution in [2.45, 2.75) is 307 Å². The topological polar surface area (TPSA) is 6.48 Å². The first kappa shape index (κ1) is 49.0. The molecule has 2 heteroatoms. The zero-order chi connectivity index (χ0) is 44.7. The van der Waals surface area contributed by atoms with E-state index >= 15 is 0 Å². The Hall–Kier alpha value is -0.600. The molecule has 0 aromatic carbocycles. The molecule has 0 N–H and O–H groups in total.